The first-order chi connectivity index (χ1) is 17.4. The molecule has 2 heterocycles. The van der Waals surface area contributed by atoms with Crippen molar-refractivity contribution < 1.29 is 30.8 Å². The number of anilines is 1. The zero-order chi connectivity index (χ0) is 27.0. The van der Waals surface area contributed by atoms with Gasteiger partial charge in [-0.3, -0.25) is 0 Å². The SMILES string of the molecule is CN(C)c1ccc(N=C2c3ccccc3-n3c2cc(-c2ccccc2)[n+]3C)cc1.O=S(=O)([O-])C(F)(F)F. The van der Waals surface area contributed by atoms with Crippen molar-refractivity contribution in [1.82, 2.24) is 4.68 Å². The lowest BCUT2D eigenvalue weighted by molar-refractivity contribution is -0.734. The average Bonchev–Trinajstić information content (AvgIpc) is 3.34. The summed E-state index contributed by atoms with van der Waals surface area (Å²) in [7, 11) is 0.114. The number of aromatic nitrogens is 2. The van der Waals surface area contributed by atoms with Gasteiger partial charge < -0.3 is 9.45 Å². The van der Waals surface area contributed by atoms with Crippen LogP contribution in [0.3, 0.4) is 0 Å². The largest absolute Gasteiger partial charge is 0.741 e. The van der Waals surface area contributed by atoms with Gasteiger partial charge in [0.15, 0.2) is 17.2 Å². The van der Waals surface area contributed by atoms with E-state index in [1.165, 1.54) is 16.9 Å². The Hall–Kier alpha value is -3.96. The Morgan fingerprint density at radius 2 is 1.49 bits per heavy atom. The Morgan fingerprint density at radius 3 is 2.05 bits per heavy atom. The standard InChI is InChI=1S/C25H23N4.CHF3O3S/c1-27(2)20-15-13-19(14-16-20)26-25-21-11-7-8-12-22(21)29-24(25)17-23(28(29)3)18-9-5-4-6-10-18;2-1(3,4)8(5,6)7/h4-17H,1-3H3;(H,5,6,7)/q+1;/p-1. The van der Waals surface area contributed by atoms with E-state index in [-0.39, 0.29) is 0 Å². The summed E-state index contributed by atoms with van der Waals surface area (Å²) in [6, 6.07) is 29.6. The molecule has 192 valence electrons. The minimum absolute atomic E-state index is 0.957. The summed E-state index contributed by atoms with van der Waals surface area (Å²) in [4.78, 5) is 7.15. The summed E-state index contributed by atoms with van der Waals surface area (Å²) >= 11 is 0. The van der Waals surface area contributed by atoms with Crippen LogP contribution >= 0.6 is 0 Å². The summed E-state index contributed by atoms with van der Waals surface area (Å²) in [5, 5.41) is 0. The lowest BCUT2D eigenvalue weighted by Crippen LogP contribution is -2.39. The molecule has 3 aromatic carbocycles. The van der Waals surface area contributed by atoms with Gasteiger partial charge in [0.25, 0.3) is 0 Å². The van der Waals surface area contributed by atoms with Gasteiger partial charge in [-0.15, -0.1) is 9.36 Å². The molecule has 0 spiro atoms. The topological polar surface area (TPSA) is 81.6 Å². The molecule has 0 aliphatic carbocycles. The average molecular weight is 529 g/mol. The summed E-state index contributed by atoms with van der Waals surface area (Å²) in [5.41, 5.74) is 3.30. The Bertz CT molecular complexity index is 1560. The number of benzene rings is 3. The van der Waals surface area contributed by atoms with Crippen LogP contribution in [0.2, 0.25) is 0 Å². The van der Waals surface area contributed by atoms with Gasteiger partial charge in [0, 0.05) is 37.0 Å². The van der Waals surface area contributed by atoms with Gasteiger partial charge in [-0.05, 0) is 42.5 Å². The third-order valence-electron chi connectivity index (χ3n) is 5.74. The maximum atomic E-state index is 10.7. The molecule has 7 nitrogen and oxygen atoms in total. The molecule has 0 unspecified atom stereocenters. The van der Waals surface area contributed by atoms with E-state index in [9.17, 15) is 13.2 Å². The fourth-order valence-corrected chi connectivity index (χ4v) is 3.96. The van der Waals surface area contributed by atoms with Crippen LogP contribution in [0.25, 0.3) is 16.9 Å². The monoisotopic (exact) mass is 528 g/mol. The van der Waals surface area contributed by atoms with E-state index >= 15 is 0 Å². The van der Waals surface area contributed by atoms with E-state index in [1.807, 2.05) is 20.2 Å². The van der Waals surface area contributed by atoms with Crippen LogP contribution in [0.4, 0.5) is 24.5 Å². The second kappa shape index (κ2) is 9.83. The van der Waals surface area contributed by atoms with Crippen LogP contribution in [0, 0.1) is 0 Å². The summed E-state index contributed by atoms with van der Waals surface area (Å²) in [5.74, 6) is 0. The smallest absolute Gasteiger partial charge is 0.485 e. The Balaban J connectivity index is 0.000000349. The fourth-order valence-electron chi connectivity index (χ4n) is 3.96. The first kappa shape index (κ1) is 26.1. The third kappa shape index (κ3) is 5.27. The molecule has 0 saturated carbocycles. The number of hydrogen-bond acceptors (Lipinski definition) is 5. The van der Waals surface area contributed by atoms with E-state index in [0.29, 0.717) is 0 Å². The highest BCUT2D eigenvalue weighted by molar-refractivity contribution is 7.86. The number of nitrogens with zero attached hydrogens (tertiary/aromatic N) is 4. The maximum absolute atomic E-state index is 10.7. The van der Waals surface area contributed by atoms with Crippen molar-refractivity contribution in [3.8, 4) is 16.9 Å². The van der Waals surface area contributed by atoms with Gasteiger partial charge in [0.05, 0.1) is 5.69 Å². The minimum atomic E-state index is -6.09. The minimum Gasteiger partial charge on any atom is -0.741 e. The number of alkyl halides is 3. The van der Waals surface area contributed by atoms with Gasteiger partial charge in [-0.25, -0.2) is 13.4 Å². The molecule has 0 bridgehead atoms. The number of hydrogen-bond donors (Lipinski definition) is 0. The number of para-hydroxylation sites is 1. The van der Waals surface area contributed by atoms with Crippen LogP contribution in [0.5, 0.6) is 0 Å². The van der Waals surface area contributed by atoms with E-state index in [2.05, 4.69) is 100 Å². The van der Waals surface area contributed by atoms with Crippen molar-refractivity contribution in [3.63, 3.8) is 0 Å². The summed E-state index contributed by atoms with van der Waals surface area (Å²) in [6.07, 6.45) is 0. The van der Waals surface area contributed by atoms with Crippen LogP contribution in [-0.2, 0) is 17.2 Å². The molecule has 11 heteroatoms. The van der Waals surface area contributed by atoms with Crippen molar-refractivity contribution in [2.45, 2.75) is 5.51 Å². The normalized spacial score (nSPS) is 13.5. The molecule has 1 aliphatic heterocycles. The Labute approximate surface area is 212 Å². The second-order valence-corrected chi connectivity index (χ2v) is 9.78. The molecule has 0 saturated heterocycles. The number of aliphatic imine (C=N–C) groups is 1. The highest BCUT2D eigenvalue weighted by Gasteiger charge is 2.37. The van der Waals surface area contributed by atoms with Crippen LogP contribution in [0.1, 0.15) is 11.3 Å². The van der Waals surface area contributed by atoms with E-state index in [4.69, 9.17) is 18.0 Å². The Kier molecular flexibility index (Phi) is 6.94. The predicted molar refractivity (Wildman–Crippen MR) is 134 cm³/mol. The molecular formula is C26H23F3N4O3S. The molecular weight excluding hydrogens is 505 g/mol. The van der Waals surface area contributed by atoms with E-state index in [1.54, 1.807) is 0 Å². The molecule has 37 heavy (non-hydrogen) atoms. The van der Waals surface area contributed by atoms with Crippen molar-refractivity contribution in [3.05, 3.63) is 96.2 Å². The molecule has 0 atom stereocenters. The molecule has 0 amide bonds. The van der Waals surface area contributed by atoms with Crippen molar-refractivity contribution in [2.24, 2.45) is 12.0 Å². The van der Waals surface area contributed by atoms with Gasteiger partial charge in [-0.1, -0.05) is 36.4 Å². The zero-order valence-electron chi connectivity index (χ0n) is 20.1. The number of rotatable bonds is 3. The molecule has 0 fully saturated rings. The van der Waals surface area contributed by atoms with Crippen LogP contribution < -0.4 is 9.58 Å². The third-order valence-corrected chi connectivity index (χ3v) is 6.31. The van der Waals surface area contributed by atoms with Crippen LogP contribution in [0.15, 0.2) is 89.9 Å². The highest BCUT2D eigenvalue weighted by atomic mass is 32.2. The van der Waals surface area contributed by atoms with Gasteiger partial charge in [0.1, 0.15) is 17.1 Å². The predicted octanol–water partition coefficient (Wildman–Crippen LogP) is 4.57. The highest BCUT2D eigenvalue weighted by Crippen LogP contribution is 2.32. The zero-order valence-corrected chi connectivity index (χ0v) is 21.0. The second-order valence-electron chi connectivity index (χ2n) is 8.40. The lowest BCUT2D eigenvalue weighted by atomic mass is 10.1. The van der Waals surface area contributed by atoms with Crippen molar-refractivity contribution in [1.29, 1.82) is 0 Å². The summed E-state index contributed by atoms with van der Waals surface area (Å²) in [6.45, 7) is 0. The van der Waals surface area contributed by atoms with Gasteiger partial charge in [-0.2, -0.15) is 13.2 Å². The molecule has 4 aromatic rings. The van der Waals surface area contributed by atoms with Gasteiger partial charge in [0.2, 0.25) is 5.69 Å². The van der Waals surface area contributed by atoms with Crippen molar-refractivity contribution in [2.75, 3.05) is 19.0 Å². The van der Waals surface area contributed by atoms with Gasteiger partial charge >= 0.3 is 5.51 Å². The molecule has 0 radical (unpaired) electrons. The number of fused-ring (bicyclic) bond motifs is 3. The van der Waals surface area contributed by atoms with Crippen LogP contribution in [-0.4, -0.2) is 43.0 Å². The quantitative estimate of drug-likeness (QED) is 0.195. The molecule has 1 aliphatic rings. The van der Waals surface area contributed by atoms with Crippen molar-refractivity contribution >= 4 is 27.2 Å². The fraction of sp³-hybridized carbons (Fsp3) is 0.154. The van der Waals surface area contributed by atoms with E-state index in [0.717, 1.165) is 28.3 Å². The lowest BCUT2D eigenvalue weighted by Gasteiger charge is -2.11. The molecule has 1 aromatic heterocycles. The molecule has 5 rings (SSSR count). The first-order valence-electron chi connectivity index (χ1n) is 11.0. The Morgan fingerprint density at radius 1 is 0.919 bits per heavy atom. The number of halogens is 3. The maximum Gasteiger partial charge on any atom is 0.485 e. The summed E-state index contributed by atoms with van der Waals surface area (Å²) < 4.78 is 63.4. The van der Waals surface area contributed by atoms with E-state index < -0.39 is 15.6 Å². The molecule has 0 N–H and O–H groups in total. The first-order valence-corrected chi connectivity index (χ1v) is 12.4.